The van der Waals surface area contributed by atoms with Crippen LogP contribution in [0.3, 0.4) is 0 Å². The van der Waals surface area contributed by atoms with E-state index in [-0.39, 0.29) is 35.5 Å². The van der Waals surface area contributed by atoms with Crippen LogP contribution in [0.1, 0.15) is 82.8 Å². The molecule has 0 saturated carbocycles. The number of hydrogen-bond acceptors (Lipinski definition) is 2. The highest BCUT2D eigenvalue weighted by Crippen LogP contribution is 2.36. The van der Waals surface area contributed by atoms with Crippen molar-refractivity contribution >= 4 is 11.1 Å². The first-order chi connectivity index (χ1) is 17.0. The number of rotatable bonds is 13. The molecule has 0 aromatic heterocycles. The van der Waals surface area contributed by atoms with Gasteiger partial charge in [0.15, 0.2) is 23.1 Å². The van der Waals surface area contributed by atoms with Gasteiger partial charge in [0.25, 0.3) is 0 Å². The highest BCUT2D eigenvalue weighted by atomic mass is 19.2. The largest absolute Gasteiger partial charge is 0.490 e. The molecule has 2 nitrogen and oxygen atoms in total. The van der Waals surface area contributed by atoms with Crippen LogP contribution >= 0.6 is 0 Å². The molecule has 190 valence electrons. The van der Waals surface area contributed by atoms with Gasteiger partial charge in [-0.3, -0.25) is 0 Å². The van der Waals surface area contributed by atoms with Crippen molar-refractivity contribution in [2.24, 2.45) is 0 Å². The van der Waals surface area contributed by atoms with Crippen molar-refractivity contribution in [1.82, 2.24) is 0 Å². The third-order valence-electron chi connectivity index (χ3n) is 6.14. The zero-order chi connectivity index (χ0) is 25.2. The molecule has 35 heavy (non-hydrogen) atoms. The normalized spacial score (nSPS) is 13.4. The Morgan fingerprint density at radius 1 is 0.571 bits per heavy atom. The minimum atomic E-state index is -1.02. The Labute approximate surface area is 205 Å². The van der Waals surface area contributed by atoms with Crippen molar-refractivity contribution in [3.05, 3.63) is 70.8 Å². The third-order valence-corrected chi connectivity index (χ3v) is 6.14. The second-order valence-electron chi connectivity index (χ2n) is 8.81. The molecule has 3 rings (SSSR count). The molecule has 0 amide bonds. The van der Waals surface area contributed by atoms with Gasteiger partial charge < -0.3 is 9.47 Å². The Morgan fingerprint density at radius 2 is 1.06 bits per heavy atom. The summed E-state index contributed by atoms with van der Waals surface area (Å²) in [6, 6.07) is 5.88. The average molecular weight is 491 g/mol. The van der Waals surface area contributed by atoms with Crippen molar-refractivity contribution in [1.29, 1.82) is 0 Å². The quantitative estimate of drug-likeness (QED) is 0.206. The maximum Gasteiger partial charge on any atom is 0.201 e. The standard InChI is InChI=1S/C29H34F4O2/c1-3-5-6-7-8-9-19-35-25-17-15-23(27(31)29(25)33)21-12-10-20(11-13-21)22-14-16-24(34-18-4-2)28(32)26(22)30/h10,13-17H,3-9,11-12,18-19H2,1-2H3. The van der Waals surface area contributed by atoms with E-state index in [2.05, 4.69) is 6.92 Å². The zero-order valence-electron chi connectivity index (χ0n) is 20.6. The third kappa shape index (κ3) is 6.89. The van der Waals surface area contributed by atoms with Crippen LogP contribution in [0.4, 0.5) is 17.6 Å². The van der Waals surface area contributed by atoms with Gasteiger partial charge in [0.05, 0.1) is 13.2 Å². The summed E-state index contributed by atoms with van der Waals surface area (Å²) < 4.78 is 69.1. The summed E-state index contributed by atoms with van der Waals surface area (Å²) in [4.78, 5) is 0. The molecule has 0 fully saturated rings. The molecule has 0 spiro atoms. The first-order valence-corrected chi connectivity index (χ1v) is 12.6. The summed E-state index contributed by atoms with van der Waals surface area (Å²) in [7, 11) is 0. The number of unbranched alkanes of at least 4 members (excludes halogenated alkanes) is 5. The van der Waals surface area contributed by atoms with E-state index < -0.39 is 23.3 Å². The molecular weight excluding hydrogens is 456 g/mol. The maximum absolute atomic E-state index is 14.8. The van der Waals surface area contributed by atoms with E-state index in [4.69, 9.17) is 9.47 Å². The molecule has 0 heterocycles. The lowest BCUT2D eigenvalue weighted by atomic mass is 9.90. The lowest BCUT2D eigenvalue weighted by molar-refractivity contribution is 0.284. The Kier molecular flexibility index (Phi) is 10.2. The Balaban J connectivity index is 1.62. The van der Waals surface area contributed by atoms with Crippen molar-refractivity contribution in [2.75, 3.05) is 13.2 Å². The SMILES string of the molecule is CCCCCCCCOc1ccc(C2=CCC(c3ccc(OCCC)c(F)c3F)=CC2)c(F)c1F. The minimum absolute atomic E-state index is 0.0876. The molecule has 1 aliphatic carbocycles. The second kappa shape index (κ2) is 13.4. The number of ether oxygens (including phenoxy) is 2. The van der Waals surface area contributed by atoms with Crippen molar-refractivity contribution in [3.63, 3.8) is 0 Å². The van der Waals surface area contributed by atoms with E-state index >= 15 is 0 Å². The molecule has 0 aliphatic heterocycles. The van der Waals surface area contributed by atoms with Gasteiger partial charge in [-0.05, 0) is 61.1 Å². The fraction of sp³-hybridized carbons (Fsp3) is 0.448. The smallest absolute Gasteiger partial charge is 0.201 e. The topological polar surface area (TPSA) is 18.5 Å². The molecule has 1 aliphatic rings. The van der Waals surface area contributed by atoms with Crippen LogP contribution in [0.5, 0.6) is 11.5 Å². The fourth-order valence-electron chi connectivity index (χ4n) is 4.13. The highest BCUT2D eigenvalue weighted by Gasteiger charge is 2.21. The van der Waals surface area contributed by atoms with Gasteiger partial charge in [0.1, 0.15) is 0 Å². The zero-order valence-corrected chi connectivity index (χ0v) is 20.6. The first-order valence-electron chi connectivity index (χ1n) is 12.6. The van der Waals surface area contributed by atoms with Crippen molar-refractivity contribution in [2.45, 2.75) is 71.6 Å². The van der Waals surface area contributed by atoms with Crippen LogP contribution in [-0.2, 0) is 0 Å². The van der Waals surface area contributed by atoms with E-state index in [1.165, 1.54) is 43.5 Å². The van der Waals surface area contributed by atoms with Crippen LogP contribution in [0, 0.1) is 23.3 Å². The lowest BCUT2D eigenvalue weighted by Gasteiger charge is -2.17. The second-order valence-corrected chi connectivity index (χ2v) is 8.81. The molecule has 0 unspecified atom stereocenters. The van der Waals surface area contributed by atoms with Crippen LogP contribution in [0.2, 0.25) is 0 Å². The summed E-state index contributed by atoms with van der Waals surface area (Å²) in [5.74, 6) is -4.14. The Hall–Kier alpha value is -2.76. The van der Waals surface area contributed by atoms with Crippen LogP contribution in [0.15, 0.2) is 36.4 Å². The number of halogens is 4. The van der Waals surface area contributed by atoms with Crippen LogP contribution < -0.4 is 9.47 Å². The molecule has 0 saturated heterocycles. The first kappa shape index (κ1) is 26.8. The molecular formula is C29H34F4O2. The highest BCUT2D eigenvalue weighted by molar-refractivity contribution is 5.78. The minimum Gasteiger partial charge on any atom is -0.490 e. The van der Waals surface area contributed by atoms with Gasteiger partial charge in [-0.25, -0.2) is 8.78 Å². The monoisotopic (exact) mass is 490 g/mol. The molecule has 0 atom stereocenters. The molecule has 0 bridgehead atoms. The molecule has 0 radical (unpaired) electrons. The molecule has 0 N–H and O–H groups in total. The van der Waals surface area contributed by atoms with E-state index in [1.807, 2.05) is 6.92 Å². The number of allylic oxidation sites excluding steroid dienone is 4. The predicted octanol–water partition coefficient (Wildman–Crippen LogP) is 9.03. The van der Waals surface area contributed by atoms with Gasteiger partial charge in [-0.2, -0.15) is 8.78 Å². The maximum atomic E-state index is 14.8. The van der Waals surface area contributed by atoms with E-state index in [9.17, 15) is 17.6 Å². The summed E-state index contributed by atoms with van der Waals surface area (Å²) in [5, 5.41) is 0. The van der Waals surface area contributed by atoms with Crippen molar-refractivity contribution in [3.8, 4) is 11.5 Å². The molecule has 2 aromatic carbocycles. The van der Waals surface area contributed by atoms with E-state index in [0.29, 0.717) is 30.8 Å². The lowest BCUT2D eigenvalue weighted by Crippen LogP contribution is -2.04. The summed E-state index contributed by atoms with van der Waals surface area (Å²) in [6.07, 6.45) is 11.2. The van der Waals surface area contributed by atoms with E-state index in [0.717, 1.165) is 19.3 Å². The Bertz CT molecular complexity index is 1060. The number of benzene rings is 2. The summed E-state index contributed by atoms with van der Waals surface area (Å²) in [5.41, 5.74) is 1.48. The van der Waals surface area contributed by atoms with E-state index in [1.54, 1.807) is 12.2 Å². The van der Waals surface area contributed by atoms with Gasteiger partial charge >= 0.3 is 0 Å². The number of hydrogen-bond donors (Lipinski definition) is 0. The van der Waals surface area contributed by atoms with Gasteiger partial charge in [-0.1, -0.05) is 58.1 Å². The predicted molar refractivity (Wildman–Crippen MR) is 133 cm³/mol. The van der Waals surface area contributed by atoms with Gasteiger partial charge in [0, 0.05) is 11.1 Å². The van der Waals surface area contributed by atoms with Crippen LogP contribution in [-0.4, -0.2) is 13.2 Å². The summed E-state index contributed by atoms with van der Waals surface area (Å²) >= 11 is 0. The van der Waals surface area contributed by atoms with Gasteiger partial charge in [0.2, 0.25) is 11.6 Å². The molecule has 6 heteroatoms. The Morgan fingerprint density at radius 3 is 1.54 bits per heavy atom. The fourth-order valence-corrected chi connectivity index (χ4v) is 4.13. The van der Waals surface area contributed by atoms with Crippen molar-refractivity contribution < 1.29 is 27.0 Å². The van der Waals surface area contributed by atoms with Crippen LogP contribution in [0.25, 0.3) is 11.1 Å². The molecule has 2 aromatic rings. The average Bonchev–Trinajstić information content (AvgIpc) is 2.87. The summed E-state index contributed by atoms with van der Waals surface area (Å²) in [6.45, 7) is 4.69. The van der Waals surface area contributed by atoms with Gasteiger partial charge in [-0.15, -0.1) is 0 Å².